The molecule has 0 aliphatic heterocycles. The van der Waals surface area contributed by atoms with Crippen LogP contribution in [0.4, 0.5) is 8.78 Å². The number of hydrogen-bond donors (Lipinski definition) is 1. The van der Waals surface area contributed by atoms with Crippen LogP contribution in [0.15, 0.2) is 41.4 Å². The lowest BCUT2D eigenvalue weighted by Gasteiger charge is -2.26. The van der Waals surface area contributed by atoms with Crippen LogP contribution in [-0.4, -0.2) is 19.4 Å². The van der Waals surface area contributed by atoms with E-state index in [2.05, 4.69) is 16.6 Å². The quantitative estimate of drug-likeness (QED) is 0.893. The average molecular weight is 366 g/mol. The number of pyridine rings is 1. The largest absolute Gasteiger partial charge is 0.250 e. The molecule has 1 heterocycles. The van der Waals surface area contributed by atoms with Crippen molar-refractivity contribution >= 4 is 10.0 Å². The Morgan fingerprint density at radius 3 is 2.32 bits per heavy atom. The molecule has 0 bridgehead atoms. The van der Waals surface area contributed by atoms with Gasteiger partial charge in [-0.05, 0) is 43.7 Å². The second kappa shape index (κ2) is 7.17. The average Bonchev–Trinajstić information content (AvgIpc) is 2.57. The highest BCUT2D eigenvalue weighted by atomic mass is 32.2. The summed E-state index contributed by atoms with van der Waals surface area (Å²) in [5, 5.41) is 0. The first-order chi connectivity index (χ1) is 11.8. The molecule has 1 aliphatic carbocycles. The Kier molecular flexibility index (Phi) is 5.15. The van der Waals surface area contributed by atoms with Crippen molar-refractivity contribution in [1.82, 2.24) is 9.71 Å². The SMILES string of the molecule is CC1CCC(NS(=O)(=O)c2ccc(-c3ncc(F)cc3F)cc2)CC1. The number of aromatic nitrogens is 1. The lowest BCUT2D eigenvalue weighted by molar-refractivity contribution is 0.332. The first kappa shape index (κ1) is 17.9. The summed E-state index contributed by atoms with van der Waals surface area (Å²) < 4.78 is 54.4. The van der Waals surface area contributed by atoms with Crippen LogP contribution in [0, 0.1) is 17.6 Å². The highest BCUT2D eigenvalue weighted by molar-refractivity contribution is 7.89. The summed E-state index contributed by atoms with van der Waals surface area (Å²) in [7, 11) is -3.62. The molecule has 3 rings (SSSR count). The maximum atomic E-state index is 13.8. The third kappa shape index (κ3) is 4.22. The van der Waals surface area contributed by atoms with E-state index in [4.69, 9.17) is 0 Å². The normalized spacial score (nSPS) is 21.2. The number of benzene rings is 1. The summed E-state index contributed by atoms with van der Waals surface area (Å²) in [4.78, 5) is 3.85. The smallest absolute Gasteiger partial charge is 0.240 e. The first-order valence-corrected chi connectivity index (χ1v) is 9.77. The van der Waals surface area contributed by atoms with Crippen molar-refractivity contribution < 1.29 is 17.2 Å². The Labute approximate surface area is 146 Å². The van der Waals surface area contributed by atoms with Crippen molar-refractivity contribution in [2.24, 2.45) is 5.92 Å². The van der Waals surface area contributed by atoms with Gasteiger partial charge in [0.2, 0.25) is 10.0 Å². The topological polar surface area (TPSA) is 59.1 Å². The molecule has 4 nitrogen and oxygen atoms in total. The summed E-state index contributed by atoms with van der Waals surface area (Å²) >= 11 is 0. The van der Waals surface area contributed by atoms with Gasteiger partial charge in [0, 0.05) is 17.7 Å². The highest BCUT2D eigenvalue weighted by Crippen LogP contribution is 2.26. The molecule has 0 unspecified atom stereocenters. The molecular formula is C18H20F2N2O2S. The van der Waals surface area contributed by atoms with Crippen molar-refractivity contribution in [3.05, 3.63) is 48.2 Å². The van der Waals surface area contributed by atoms with Gasteiger partial charge in [0.05, 0.1) is 11.1 Å². The van der Waals surface area contributed by atoms with Crippen LogP contribution < -0.4 is 4.72 Å². The first-order valence-electron chi connectivity index (χ1n) is 8.29. The minimum atomic E-state index is -3.62. The zero-order valence-corrected chi connectivity index (χ0v) is 14.7. The van der Waals surface area contributed by atoms with Gasteiger partial charge in [-0.25, -0.2) is 21.9 Å². The fraction of sp³-hybridized carbons (Fsp3) is 0.389. The van der Waals surface area contributed by atoms with Gasteiger partial charge >= 0.3 is 0 Å². The molecule has 1 aromatic carbocycles. The maximum Gasteiger partial charge on any atom is 0.240 e. The summed E-state index contributed by atoms with van der Waals surface area (Å²) in [6.07, 6.45) is 4.63. The van der Waals surface area contributed by atoms with Crippen LogP contribution in [0.1, 0.15) is 32.6 Å². The van der Waals surface area contributed by atoms with E-state index in [9.17, 15) is 17.2 Å². The summed E-state index contributed by atoms with van der Waals surface area (Å²) in [6, 6.07) is 6.47. The number of rotatable bonds is 4. The Morgan fingerprint density at radius 2 is 1.72 bits per heavy atom. The predicted molar refractivity (Wildman–Crippen MR) is 91.3 cm³/mol. The monoisotopic (exact) mass is 366 g/mol. The molecule has 0 amide bonds. The molecule has 25 heavy (non-hydrogen) atoms. The van der Waals surface area contributed by atoms with Gasteiger partial charge in [0.25, 0.3) is 0 Å². The fourth-order valence-corrected chi connectivity index (χ4v) is 4.39. The number of halogens is 2. The van der Waals surface area contributed by atoms with Crippen molar-refractivity contribution in [3.63, 3.8) is 0 Å². The van der Waals surface area contributed by atoms with E-state index in [1.54, 1.807) is 0 Å². The predicted octanol–water partition coefficient (Wildman–Crippen LogP) is 3.88. The van der Waals surface area contributed by atoms with Crippen molar-refractivity contribution in [2.75, 3.05) is 0 Å². The van der Waals surface area contributed by atoms with E-state index < -0.39 is 21.7 Å². The van der Waals surface area contributed by atoms with Crippen LogP contribution in [0.2, 0.25) is 0 Å². The van der Waals surface area contributed by atoms with Crippen molar-refractivity contribution in [1.29, 1.82) is 0 Å². The Hall–Kier alpha value is -1.86. The van der Waals surface area contributed by atoms with E-state index >= 15 is 0 Å². The number of sulfonamides is 1. The van der Waals surface area contributed by atoms with Gasteiger partial charge in [0.1, 0.15) is 11.5 Å². The molecule has 1 saturated carbocycles. The molecule has 0 saturated heterocycles. The van der Waals surface area contributed by atoms with Gasteiger partial charge in [0.15, 0.2) is 5.82 Å². The van der Waals surface area contributed by atoms with Crippen LogP contribution in [0.5, 0.6) is 0 Å². The van der Waals surface area contributed by atoms with E-state index in [1.165, 1.54) is 24.3 Å². The minimum absolute atomic E-state index is 0.0143. The molecule has 1 aromatic heterocycles. The van der Waals surface area contributed by atoms with Gasteiger partial charge in [-0.1, -0.05) is 19.1 Å². The fourth-order valence-electron chi connectivity index (χ4n) is 3.08. The Bertz CT molecular complexity index is 846. The molecule has 1 N–H and O–H groups in total. The Morgan fingerprint density at radius 1 is 1.08 bits per heavy atom. The molecule has 134 valence electrons. The highest BCUT2D eigenvalue weighted by Gasteiger charge is 2.24. The summed E-state index contributed by atoms with van der Waals surface area (Å²) in [5.74, 6) is -0.908. The molecule has 1 aliphatic rings. The molecule has 0 radical (unpaired) electrons. The minimum Gasteiger partial charge on any atom is -0.250 e. The lowest BCUT2D eigenvalue weighted by Crippen LogP contribution is -2.37. The molecule has 0 spiro atoms. The summed E-state index contributed by atoms with van der Waals surface area (Å²) in [5.41, 5.74) is 0.377. The van der Waals surface area contributed by atoms with Gasteiger partial charge < -0.3 is 0 Å². The van der Waals surface area contributed by atoms with E-state index in [1.807, 2.05) is 0 Å². The Balaban J connectivity index is 1.77. The molecule has 7 heteroatoms. The second-order valence-electron chi connectivity index (χ2n) is 6.59. The van der Waals surface area contributed by atoms with Crippen LogP contribution in [0.3, 0.4) is 0 Å². The summed E-state index contributed by atoms with van der Waals surface area (Å²) in [6.45, 7) is 2.17. The van der Waals surface area contributed by atoms with Crippen LogP contribution >= 0.6 is 0 Å². The third-order valence-electron chi connectivity index (χ3n) is 4.58. The number of nitrogens with zero attached hydrogens (tertiary/aromatic N) is 1. The zero-order valence-electron chi connectivity index (χ0n) is 13.9. The van der Waals surface area contributed by atoms with Crippen molar-refractivity contribution in [3.8, 4) is 11.3 Å². The van der Waals surface area contributed by atoms with Crippen LogP contribution in [0.25, 0.3) is 11.3 Å². The standard InChI is InChI=1S/C18H20F2N2O2S/c1-12-2-6-15(7-3-12)22-25(23,24)16-8-4-13(5-9-16)18-17(20)10-14(19)11-21-18/h4-5,8-12,15,22H,2-3,6-7H2,1H3. The van der Waals surface area contributed by atoms with Crippen LogP contribution in [-0.2, 0) is 10.0 Å². The molecule has 0 atom stereocenters. The second-order valence-corrected chi connectivity index (χ2v) is 8.30. The third-order valence-corrected chi connectivity index (χ3v) is 6.12. The zero-order chi connectivity index (χ0) is 18.0. The molecule has 2 aromatic rings. The maximum absolute atomic E-state index is 13.8. The lowest BCUT2D eigenvalue weighted by atomic mass is 9.88. The number of hydrogen-bond acceptors (Lipinski definition) is 3. The van der Waals surface area contributed by atoms with E-state index in [-0.39, 0.29) is 16.6 Å². The van der Waals surface area contributed by atoms with Gasteiger partial charge in [-0.3, -0.25) is 4.98 Å². The van der Waals surface area contributed by atoms with Gasteiger partial charge in [-0.2, -0.15) is 0 Å². The van der Waals surface area contributed by atoms with Crippen molar-refractivity contribution in [2.45, 2.75) is 43.5 Å². The van der Waals surface area contributed by atoms with E-state index in [0.717, 1.165) is 37.9 Å². The van der Waals surface area contributed by atoms with Gasteiger partial charge in [-0.15, -0.1) is 0 Å². The molecular weight excluding hydrogens is 346 g/mol. The van der Waals surface area contributed by atoms with E-state index in [0.29, 0.717) is 11.5 Å². The number of nitrogens with one attached hydrogen (secondary N) is 1. The molecule has 1 fully saturated rings.